The fourth-order valence-corrected chi connectivity index (χ4v) is 2.25. The lowest BCUT2D eigenvalue weighted by molar-refractivity contribution is 0.620. The van der Waals surface area contributed by atoms with E-state index in [9.17, 15) is 8.78 Å². The molecule has 0 heterocycles. The van der Waals surface area contributed by atoms with Gasteiger partial charge in [0.2, 0.25) is 0 Å². The summed E-state index contributed by atoms with van der Waals surface area (Å²) in [6.45, 7) is 1.91. The number of nitrogens with two attached hydrogens (primary N) is 1. The zero-order valence-electron chi connectivity index (χ0n) is 10.3. The summed E-state index contributed by atoms with van der Waals surface area (Å²) in [6.07, 6.45) is 0. The molecule has 0 aliphatic rings. The fourth-order valence-electron chi connectivity index (χ4n) is 1.76. The van der Waals surface area contributed by atoms with Gasteiger partial charge < -0.3 is 11.1 Å². The minimum absolute atomic E-state index is 0.0950. The van der Waals surface area contributed by atoms with Crippen molar-refractivity contribution in [2.75, 3.05) is 11.1 Å². The van der Waals surface area contributed by atoms with Gasteiger partial charge in [-0.05, 0) is 53.3 Å². The van der Waals surface area contributed by atoms with Crippen molar-refractivity contribution in [3.63, 3.8) is 0 Å². The summed E-state index contributed by atoms with van der Waals surface area (Å²) in [5, 5.41) is 3.12. The Kier molecular flexibility index (Phi) is 4.24. The number of halogens is 3. The molecule has 0 saturated carbocycles. The number of nitrogen functional groups attached to an aromatic ring is 1. The SMILES string of the molecule is CC(Nc1cc(F)c(I)cc1N)c1ccc(F)cc1. The third-order valence-electron chi connectivity index (χ3n) is 2.83. The first-order chi connectivity index (χ1) is 8.97. The second-order valence-corrected chi connectivity index (χ2v) is 5.43. The maximum absolute atomic E-state index is 13.5. The molecule has 0 spiro atoms. The van der Waals surface area contributed by atoms with E-state index >= 15 is 0 Å². The Morgan fingerprint density at radius 1 is 1.16 bits per heavy atom. The van der Waals surface area contributed by atoms with Crippen LogP contribution in [0.1, 0.15) is 18.5 Å². The Hall–Kier alpha value is -1.37. The molecular weight excluding hydrogens is 361 g/mol. The summed E-state index contributed by atoms with van der Waals surface area (Å²) >= 11 is 1.89. The van der Waals surface area contributed by atoms with Crippen molar-refractivity contribution in [1.29, 1.82) is 0 Å². The predicted molar refractivity (Wildman–Crippen MR) is 82.0 cm³/mol. The smallest absolute Gasteiger partial charge is 0.138 e. The summed E-state index contributed by atoms with van der Waals surface area (Å²) in [4.78, 5) is 0. The lowest BCUT2D eigenvalue weighted by Gasteiger charge is -2.17. The topological polar surface area (TPSA) is 38.0 Å². The molecule has 0 saturated heterocycles. The molecule has 0 fully saturated rings. The van der Waals surface area contributed by atoms with Crippen molar-refractivity contribution in [3.05, 3.63) is 57.2 Å². The molecule has 0 aromatic heterocycles. The van der Waals surface area contributed by atoms with E-state index in [2.05, 4.69) is 5.32 Å². The Morgan fingerprint density at radius 3 is 2.42 bits per heavy atom. The van der Waals surface area contributed by atoms with Crippen molar-refractivity contribution in [2.45, 2.75) is 13.0 Å². The Balaban J connectivity index is 2.21. The van der Waals surface area contributed by atoms with E-state index in [1.165, 1.54) is 18.2 Å². The summed E-state index contributed by atoms with van der Waals surface area (Å²) in [6, 6.07) is 9.02. The summed E-state index contributed by atoms with van der Waals surface area (Å²) < 4.78 is 26.8. The van der Waals surface area contributed by atoms with E-state index in [-0.39, 0.29) is 17.7 Å². The number of hydrogen-bond donors (Lipinski definition) is 2. The third-order valence-corrected chi connectivity index (χ3v) is 3.66. The number of anilines is 2. The van der Waals surface area contributed by atoms with Crippen molar-refractivity contribution in [1.82, 2.24) is 0 Å². The zero-order chi connectivity index (χ0) is 14.0. The molecule has 0 aliphatic carbocycles. The van der Waals surface area contributed by atoms with Gasteiger partial charge in [-0.3, -0.25) is 0 Å². The average molecular weight is 374 g/mol. The van der Waals surface area contributed by atoms with Gasteiger partial charge in [0.15, 0.2) is 0 Å². The number of benzene rings is 2. The molecule has 2 rings (SSSR count). The molecule has 2 aromatic rings. The summed E-state index contributed by atoms with van der Waals surface area (Å²) in [7, 11) is 0. The van der Waals surface area contributed by atoms with Crippen LogP contribution in [0, 0.1) is 15.2 Å². The van der Waals surface area contributed by atoms with E-state index in [0.717, 1.165) is 5.56 Å². The second-order valence-electron chi connectivity index (χ2n) is 4.27. The van der Waals surface area contributed by atoms with Crippen molar-refractivity contribution in [3.8, 4) is 0 Å². The van der Waals surface area contributed by atoms with Gasteiger partial charge >= 0.3 is 0 Å². The van der Waals surface area contributed by atoms with Crippen LogP contribution in [0.4, 0.5) is 20.2 Å². The normalized spacial score (nSPS) is 12.2. The van der Waals surface area contributed by atoms with E-state index in [4.69, 9.17) is 5.73 Å². The van der Waals surface area contributed by atoms with Crippen LogP contribution < -0.4 is 11.1 Å². The van der Waals surface area contributed by atoms with Crippen LogP contribution in [-0.2, 0) is 0 Å². The van der Waals surface area contributed by atoms with Gasteiger partial charge in [-0.15, -0.1) is 0 Å². The molecule has 3 N–H and O–H groups in total. The summed E-state index contributed by atoms with van der Waals surface area (Å²) in [5.41, 5.74) is 7.77. The molecular formula is C14H13F2IN2. The first kappa shape index (κ1) is 14.0. The van der Waals surface area contributed by atoms with Gasteiger partial charge in [-0.2, -0.15) is 0 Å². The molecule has 2 nitrogen and oxygen atoms in total. The maximum Gasteiger partial charge on any atom is 0.138 e. The van der Waals surface area contributed by atoms with Gasteiger partial charge in [-0.25, -0.2) is 8.78 Å². The standard InChI is InChI=1S/C14H13F2IN2/c1-8(9-2-4-10(15)5-3-9)19-14-6-11(16)12(17)7-13(14)18/h2-8,19H,18H2,1H3. The van der Waals surface area contributed by atoms with Crippen molar-refractivity contribution in [2.24, 2.45) is 0 Å². The van der Waals surface area contributed by atoms with Crippen molar-refractivity contribution < 1.29 is 8.78 Å². The number of hydrogen-bond acceptors (Lipinski definition) is 2. The average Bonchev–Trinajstić information content (AvgIpc) is 2.36. The highest BCUT2D eigenvalue weighted by Crippen LogP contribution is 2.27. The van der Waals surface area contributed by atoms with Crippen LogP contribution in [0.25, 0.3) is 0 Å². The van der Waals surface area contributed by atoms with Crippen LogP contribution in [-0.4, -0.2) is 0 Å². The predicted octanol–water partition coefficient (Wildman–Crippen LogP) is 4.32. The highest BCUT2D eigenvalue weighted by atomic mass is 127. The highest BCUT2D eigenvalue weighted by Gasteiger charge is 2.10. The van der Waals surface area contributed by atoms with Crippen LogP contribution in [0.3, 0.4) is 0 Å². The Bertz CT molecular complexity index is 585. The first-order valence-electron chi connectivity index (χ1n) is 5.74. The van der Waals surface area contributed by atoms with Crippen LogP contribution in [0.15, 0.2) is 36.4 Å². The van der Waals surface area contributed by atoms with Gasteiger partial charge in [0.05, 0.1) is 14.9 Å². The van der Waals surface area contributed by atoms with Crippen molar-refractivity contribution >= 4 is 34.0 Å². The molecule has 100 valence electrons. The van der Waals surface area contributed by atoms with Gasteiger partial charge in [0.1, 0.15) is 11.6 Å². The zero-order valence-corrected chi connectivity index (χ0v) is 12.4. The number of nitrogens with one attached hydrogen (secondary N) is 1. The fraction of sp³-hybridized carbons (Fsp3) is 0.143. The Morgan fingerprint density at radius 2 is 1.79 bits per heavy atom. The van der Waals surface area contributed by atoms with Crippen LogP contribution in [0.5, 0.6) is 0 Å². The molecule has 1 unspecified atom stereocenters. The minimum atomic E-state index is -0.316. The third kappa shape index (κ3) is 3.34. The van der Waals surface area contributed by atoms with E-state index < -0.39 is 0 Å². The molecule has 0 amide bonds. The highest BCUT2D eigenvalue weighted by molar-refractivity contribution is 14.1. The van der Waals surface area contributed by atoms with E-state index in [0.29, 0.717) is 14.9 Å². The molecule has 0 bridgehead atoms. The van der Waals surface area contributed by atoms with E-state index in [1.807, 2.05) is 29.5 Å². The summed E-state index contributed by atoms with van der Waals surface area (Å²) in [5.74, 6) is -0.598. The quantitative estimate of drug-likeness (QED) is 0.620. The lowest BCUT2D eigenvalue weighted by atomic mass is 10.1. The first-order valence-corrected chi connectivity index (χ1v) is 6.82. The Labute approximate surface area is 124 Å². The second kappa shape index (κ2) is 5.73. The maximum atomic E-state index is 13.5. The molecule has 19 heavy (non-hydrogen) atoms. The van der Waals surface area contributed by atoms with Crippen LogP contribution in [0.2, 0.25) is 0 Å². The monoisotopic (exact) mass is 374 g/mol. The minimum Gasteiger partial charge on any atom is -0.397 e. The number of rotatable bonds is 3. The largest absolute Gasteiger partial charge is 0.397 e. The van der Waals surface area contributed by atoms with Gasteiger partial charge in [-0.1, -0.05) is 12.1 Å². The van der Waals surface area contributed by atoms with Gasteiger partial charge in [0.25, 0.3) is 0 Å². The molecule has 1 atom stereocenters. The molecule has 0 aliphatic heterocycles. The molecule has 2 aromatic carbocycles. The lowest BCUT2D eigenvalue weighted by Crippen LogP contribution is -2.09. The van der Waals surface area contributed by atoms with Crippen LogP contribution >= 0.6 is 22.6 Å². The molecule has 5 heteroatoms. The molecule has 0 radical (unpaired) electrons. The van der Waals surface area contributed by atoms with E-state index in [1.54, 1.807) is 18.2 Å². The van der Waals surface area contributed by atoms with Gasteiger partial charge in [0, 0.05) is 12.1 Å².